The zero-order valence-electron chi connectivity index (χ0n) is 6.65. The topological polar surface area (TPSA) is 64.1 Å². The lowest BCUT2D eigenvalue weighted by Gasteiger charge is -2.00. The van der Waals surface area contributed by atoms with Crippen molar-refractivity contribution in [2.24, 2.45) is 0 Å². The zero-order chi connectivity index (χ0) is 8.81. The van der Waals surface area contributed by atoms with Crippen molar-refractivity contribution in [1.82, 2.24) is 15.5 Å². The van der Waals surface area contributed by atoms with Gasteiger partial charge in [0.2, 0.25) is 0 Å². The number of alkyl carbamates (subject to hydrolysis) is 1. The van der Waals surface area contributed by atoms with Crippen LogP contribution in [0.3, 0.4) is 0 Å². The van der Waals surface area contributed by atoms with Gasteiger partial charge in [-0.3, -0.25) is 0 Å². The molecule has 0 aliphatic rings. The van der Waals surface area contributed by atoms with Crippen molar-refractivity contribution in [3.8, 4) is 0 Å². The molecule has 1 rings (SSSR count). The smallest absolute Gasteiger partial charge is 0.407 e. The highest BCUT2D eigenvalue weighted by Crippen LogP contribution is 1.89. The van der Waals surface area contributed by atoms with Gasteiger partial charge in [-0.15, -0.1) is 0 Å². The number of aromatic nitrogens is 2. The second-order valence-electron chi connectivity index (χ2n) is 2.06. The Bertz CT molecular complexity index is 250. The maximum absolute atomic E-state index is 10.6. The summed E-state index contributed by atoms with van der Waals surface area (Å²) in [5.74, 6) is 0. The molecule has 0 aliphatic carbocycles. The largest absolute Gasteiger partial charge is 0.453 e. The second-order valence-corrected chi connectivity index (χ2v) is 2.06. The van der Waals surface area contributed by atoms with E-state index in [2.05, 4.69) is 20.3 Å². The number of hydrogen-bond donors (Lipinski definition) is 1. The molecule has 1 aromatic rings. The van der Waals surface area contributed by atoms with Gasteiger partial charge in [0.25, 0.3) is 0 Å². The van der Waals surface area contributed by atoms with Gasteiger partial charge in [0.05, 0.1) is 19.3 Å². The van der Waals surface area contributed by atoms with Gasteiger partial charge in [-0.25, -0.2) is 4.79 Å². The van der Waals surface area contributed by atoms with Crippen molar-refractivity contribution in [3.05, 3.63) is 24.0 Å². The average Bonchev–Trinajstić information content (AvgIpc) is 2.16. The molecule has 1 heterocycles. The van der Waals surface area contributed by atoms with Crippen LogP contribution in [0.25, 0.3) is 0 Å². The number of amides is 1. The highest BCUT2D eigenvalue weighted by Gasteiger charge is 1.98. The summed E-state index contributed by atoms with van der Waals surface area (Å²) in [6, 6.07) is 3.52. The molecule has 0 aliphatic heterocycles. The van der Waals surface area contributed by atoms with E-state index in [9.17, 15) is 4.79 Å². The highest BCUT2D eigenvalue weighted by atomic mass is 16.5. The molecule has 12 heavy (non-hydrogen) atoms. The molecule has 1 N–H and O–H groups in total. The van der Waals surface area contributed by atoms with Crippen molar-refractivity contribution in [3.63, 3.8) is 0 Å². The molecule has 0 spiro atoms. The maximum Gasteiger partial charge on any atom is 0.407 e. The first-order chi connectivity index (χ1) is 5.83. The number of carbonyl (C=O) groups is 1. The molecular weight excluding hydrogens is 158 g/mol. The van der Waals surface area contributed by atoms with Crippen molar-refractivity contribution in [2.45, 2.75) is 6.54 Å². The van der Waals surface area contributed by atoms with Crippen molar-refractivity contribution < 1.29 is 9.53 Å². The number of ether oxygens (including phenoxy) is 1. The average molecular weight is 167 g/mol. The third kappa shape index (κ3) is 2.53. The highest BCUT2D eigenvalue weighted by molar-refractivity contribution is 5.66. The predicted molar refractivity (Wildman–Crippen MR) is 41.3 cm³/mol. The van der Waals surface area contributed by atoms with E-state index in [1.54, 1.807) is 18.3 Å². The van der Waals surface area contributed by atoms with Crippen LogP contribution in [-0.4, -0.2) is 23.4 Å². The third-order valence-corrected chi connectivity index (χ3v) is 1.23. The minimum Gasteiger partial charge on any atom is -0.453 e. The van der Waals surface area contributed by atoms with Crippen LogP contribution in [0, 0.1) is 0 Å². The van der Waals surface area contributed by atoms with Crippen LogP contribution in [-0.2, 0) is 11.3 Å². The normalized spacial score (nSPS) is 9.08. The molecule has 0 saturated carbocycles. The van der Waals surface area contributed by atoms with E-state index in [1.165, 1.54) is 7.11 Å². The van der Waals surface area contributed by atoms with Gasteiger partial charge in [0, 0.05) is 6.20 Å². The SMILES string of the molecule is COC(=O)NCc1cccnn1. The first-order valence-electron chi connectivity index (χ1n) is 3.41. The van der Waals surface area contributed by atoms with E-state index < -0.39 is 6.09 Å². The van der Waals surface area contributed by atoms with Gasteiger partial charge in [-0.2, -0.15) is 10.2 Å². The number of nitrogens with one attached hydrogen (secondary N) is 1. The summed E-state index contributed by atoms with van der Waals surface area (Å²) >= 11 is 0. The summed E-state index contributed by atoms with van der Waals surface area (Å²) in [6.07, 6.45) is 1.10. The molecule has 64 valence electrons. The molecule has 0 atom stereocenters. The minimum absolute atomic E-state index is 0.334. The zero-order valence-corrected chi connectivity index (χ0v) is 6.65. The summed E-state index contributed by atoms with van der Waals surface area (Å²) in [6.45, 7) is 0.334. The van der Waals surface area contributed by atoms with Crippen molar-refractivity contribution in [2.75, 3.05) is 7.11 Å². The summed E-state index contributed by atoms with van der Waals surface area (Å²) in [5.41, 5.74) is 0.697. The Morgan fingerprint density at radius 3 is 3.17 bits per heavy atom. The van der Waals surface area contributed by atoms with Gasteiger partial charge in [-0.1, -0.05) is 0 Å². The van der Waals surface area contributed by atoms with E-state index in [0.29, 0.717) is 12.2 Å². The number of rotatable bonds is 2. The summed E-state index contributed by atoms with van der Waals surface area (Å²) in [5, 5.41) is 9.90. The molecular formula is C7H9N3O2. The van der Waals surface area contributed by atoms with Gasteiger partial charge in [-0.05, 0) is 12.1 Å². The third-order valence-electron chi connectivity index (χ3n) is 1.23. The van der Waals surface area contributed by atoms with E-state index in [0.717, 1.165) is 0 Å². The van der Waals surface area contributed by atoms with Crippen LogP contribution >= 0.6 is 0 Å². The van der Waals surface area contributed by atoms with Gasteiger partial charge in [0.1, 0.15) is 0 Å². The quantitative estimate of drug-likeness (QED) is 0.689. The van der Waals surface area contributed by atoms with Crippen LogP contribution < -0.4 is 5.32 Å². The fourth-order valence-electron chi connectivity index (χ4n) is 0.663. The van der Waals surface area contributed by atoms with Crippen LogP contribution in [0.1, 0.15) is 5.69 Å². The monoisotopic (exact) mass is 167 g/mol. The fraction of sp³-hybridized carbons (Fsp3) is 0.286. The van der Waals surface area contributed by atoms with Crippen LogP contribution in [0.5, 0.6) is 0 Å². The Balaban J connectivity index is 2.38. The van der Waals surface area contributed by atoms with E-state index in [1.807, 2.05) is 0 Å². The lowest BCUT2D eigenvalue weighted by atomic mass is 10.4. The standard InChI is InChI=1S/C7H9N3O2/c1-12-7(11)8-5-6-3-2-4-9-10-6/h2-4H,5H2,1H3,(H,8,11). The molecule has 0 bridgehead atoms. The molecule has 0 fully saturated rings. The van der Waals surface area contributed by atoms with Crippen LogP contribution in [0.4, 0.5) is 4.79 Å². The lowest BCUT2D eigenvalue weighted by molar-refractivity contribution is 0.170. The van der Waals surface area contributed by atoms with Crippen LogP contribution in [0.2, 0.25) is 0 Å². The Kier molecular flexibility index (Phi) is 3.01. The van der Waals surface area contributed by atoms with E-state index >= 15 is 0 Å². The molecule has 1 amide bonds. The van der Waals surface area contributed by atoms with Crippen molar-refractivity contribution >= 4 is 6.09 Å². The number of hydrogen-bond acceptors (Lipinski definition) is 4. The first-order valence-corrected chi connectivity index (χ1v) is 3.41. The second kappa shape index (κ2) is 4.27. The molecule has 1 aromatic heterocycles. The Morgan fingerprint density at radius 2 is 2.58 bits per heavy atom. The number of carbonyl (C=O) groups excluding carboxylic acids is 1. The maximum atomic E-state index is 10.6. The molecule has 0 aromatic carbocycles. The summed E-state index contributed by atoms with van der Waals surface area (Å²) in [7, 11) is 1.31. The summed E-state index contributed by atoms with van der Waals surface area (Å²) < 4.78 is 4.37. The summed E-state index contributed by atoms with van der Waals surface area (Å²) in [4.78, 5) is 10.6. The number of methoxy groups -OCH3 is 1. The Labute approximate surface area is 69.8 Å². The molecule has 0 unspecified atom stereocenters. The fourth-order valence-corrected chi connectivity index (χ4v) is 0.663. The molecule has 5 nitrogen and oxygen atoms in total. The van der Waals surface area contributed by atoms with Gasteiger partial charge in [0.15, 0.2) is 0 Å². The Morgan fingerprint density at radius 1 is 1.75 bits per heavy atom. The van der Waals surface area contributed by atoms with Gasteiger partial charge < -0.3 is 10.1 Å². The lowest BCUT2D eigenvalue weighted by Crippen LogP contribution is -2.22. The molecule has 0 saturated heterocycles. The predicted octanol–water partition coefficient (Wildman–Crippen LogP) is 0.333. The minimum atomic E-state index is -0.472. The van der Waals surface area contributed by atoms with Crippen molar-refractivity contribution in [1.29, 1.82) is 0 Å². The first kappa shape index (κ1) is 8.45. The van der Waals surface area contributed by atoms with E-state index in [4.69, 9.17) is 0 Å². The molecule has 5 heteroatoms. The molecule has 0 radical (unpaired) electrons. The van der Waals surface area contributed by atoms with Crippen LogP contribution in [0.15, 0.2) is 18.3 Å². The number of nitrogens with zero attached hydrogens (tertiary/aromatic N) is 2. The Hall–Kier alpha value is -1.65. The van der Waals surface area contributed by atoms with E-state index in [-0.39, 0.29) is 0 Å². The van der Waals surface area contributed by atoms with Gasteiger partial charge >= 0.3 is 6.09 Å².